The van der Waals surface area contributed by atoms with Gasteiger partial charge in [-0.25, -0.2) is 0 Å². The number of rotatable bonds is 1. The molecule has 24 heavy (non-hydrogen) atoms. The highest BCUT2D eigenvalue weighted by Crippen LogP contribution is 2.62. The van der Waals surface area contributed by atoms with Crippen molar-refractivity contribution in [3.05, 3.63) is 12.2 Å². The van der Waals surface area contributed by atoms with Crippen molar-refractivity contribution in [2.75, 3.05) is 7.11 Å². The van der Waals surface area contributed by atoms with Crippen LogP contribution in [0.25, 0.3) is 0 Å². The molecule has 0 aromatic heterocycles. The summed E-state index contributed by atoms with van der Waals surface area (Å²) in [6.07, 6.45) is 4.80. The third kappa shape index (κ3) is 1.56. The number of Topliss-reactive ketones (excluding diaryl/α,β-unsaturated/α-hetero) is 3. The lowest BCUT2D eigenvalue weighted by Crippen LogP contribution is -2.65. The Morgan fingerprint density at radius 1 is 1.17 bits per heavy atom. The van der Waals surface area contributed by atoms with E-state index in [1.54, 1.807) is 6.92 Å². The van der Waals surface area contributed by atoms with Gasteiger partial charge in [-0.2, -0.15) is 0 Å². The van der Waals surface area contributed by atoms with Crippen LogP contribution in [-0.4, -0.2) is 30.4 Å². The summed E-state index contributed by atoms with van der Waals surface area (Å²) in [6.45, 7) is 3.68. The first-order valence-corrected chi connectivity index (χ1v) is 8.73. The number of ether oxygens (including phenoxy) is 1. The van der Waals surface area contributed by atoms with Crippen LogP contribution >= 0.6 is 0 Å². The average Bonchev–Trinajstić information content (AvgIpc) is 3.11. The fraction of sp³-hybridized carbons (Fsp3) is 0.684. The molecule has 5 nitrogen and oxygen atoms in total. The number of carbonyl (C=O) groups excluding carboxylic acids is 4. The van der Waals surface area contributed by atoms with E-state index in [0.29, 0.717) is 12.8 Å². The summed E-state index contributed by atoms with van der Waals surface area (Å²) in [4.78, 5) is 51.9. The van der Waals surface area contributed by atoms with Crippen LogP contribution < -0.4 is 0 Å². The number of ketones is 3. The van der Waals surface area contributed by atoms with Crippen molar-refractivity contribution in [2.24, 2.45) is 46.8 Å². The highest BCUT2D eigenvalue weighted by molar-refractivity contribution is 6.16. The van der Waals surface area contributed by atoms with Crippen molar-refractivity contribution in [3.8, 4) is 0 Å². The zero-order valence-electron chi connectivity index (χ0n) is 14.2. The highest BCUT2D eigenvalue weighted by Gasteiger charge is 2.72. The lowest BCUT2D eigenvalue weighted by Gasteiger charge is -2.52. The number of hydrogen-bond donors (Lipinski definition) is 0. The van der Waals surface area contributed by atoms with Gasteiger partial charge in [0, 0.05) is 30.1 Å². The second-order valence-corrected chi connectivity index (χ2v) is 7.96. The molecule has 0 saturated heterocycles. The van der Waals surface area contributed by atoms with E-state index < -0.39 is 29.1 Å². The molecule has 2 bridgehead atoms. The molecule has 0 radical (unpaired) electrons. The Hall–Kier alpha value is -1.78. The Labute approximate surface area is 140 Å². The molecule has 4 unspecified atom stereocenters. The maximum Gasteiger partial charge on any atom is 0.320 e. The number of carbonyl (C=O) groups is 4. The van der Waals surface area contributed by atoms with Gasteiger partial charge in [-0.15, -0.1) is 0 Å². The maximum atomic E-state index is 13.6. The Kier molecular flexibility index (Phi) is 3.19. The third-order valence-electron chi connectivity index (χ3n) is 7.07. The smallest absolute Gasteiger partial charge is 0.320 e. The van der Waals surface area contributed by atoms with Crippen molar-refractivity contribution < 1.29 is 23.9 Å². The van der Waals surface area contributed by atoms with Crippen LogP contribution in [0.4, 0.5) is 0 Å². The van der Waals surface area contributed by atoms with Crippen LogP contribution in [0.1, 0.15) is 26.7 Å². The first-order valence-electron chi connectivity index (χ1n) is 8.73. The molecular weight excluding hydrogens is 308 g/mol. The third-order valence-corrected chi connectivity index (χ3v) is 7.07. The topological polar surface area (TPSA) is 77.5 Å². The van der Waals surface area contributed by atoms with Gasteiger partial charge in [-0.1, -0.05) is 26.0 Å². The summed E-state index contributed by atoms with van der Waals surface area (Å²) < 4.78 is 5.01. The van der Waals surface area contributed by atoms with Gasteiger partial charge < -0.3 is 4.74 Å². The maximum absolute atomic E-state index is 13.6. The van der Waals surface area contributed by atoms with Crippen LogP contribution in [0, 0.1) is 46.8 Å². The van der Waals surface area contributed by atoms with Crippen molar-refractivity contribution in [2.45, 2.75) is 26.7 Å². The van der Waals surface area contributed by atoms with Crippen molar-refractivity contribution in [1.82, 2.24) is 0 Å². The van der Waals surface area contributed by atoms with Crippen LogP contribution in [0.3, 0.4) is 0 Å². The summed E-state index contributed by atoms with van der Waals surface area (Å²) in [5.41, 5.74) is -1.47. The minimum absolute atomic E-state index is 0.00583. The van der Waals surface area contributed by atoms with E-state index in [2.05, 4.69) is 0 Å². The summed E-state index contributed by atoms with van der Waals surface area (Å²) in [5.74, 6) is -3.46. The fourth-order valence-corrected chi connectivity index (χ4v) is 6.10. The van der Waals surface area contributed by atoms with Gasteiger partial charge in [0.25, 0.3) is 0 Å². The molecule has 4 aliphatic carbocycles. The van der Waals surface area contributed by atoms with E-state index >= 15 is 0 Å². The zero-order chi connectivity index (χ0) is 17.4. The van der Waals surface area contributed by atoms with E-state index in [0.717, 1.165) is 0 Å². The predicted octanol–water partition coefficient (Wildman–Crippen LogP) is 1.60. The first kappa shape index (κ1) is 15.7. The Bertz CT molecular complexity index is 692. The SMILES string of the molecule is COC(=O)C12C(=O)C3C(C(=O)C1[C@@H](C)C=C[C@H]2C)[C@@H]1CC(=O)[C@H]3C1. The van der Waals surface area contributed by atoms with Gasteiger partial charge >= 0.3 is 5.97 Å². The molecular formula is C19H22O5. The Morgan fingerprint density at radius 3 is 2.54 bits per heavy atom. The number of fused-ring (bicyclic) bond motifs is 6. The Morgan fingerprint density at radius 2 is 1.88 bits per heavy atom. The second-order valence-electron chi connectivity index (χ2n) is 7.96. The molecule has 128 valence electrons. The number of esters is 1. The number of allylic oxidation sites excluding steroid dienone is 2. The lowest BCUT2D eigenvalue weighted by atomic mass is 9.47. The van der Waals surface area contributed by atoms with Gasteiger partial charge in [-0.3, -0.25) is 19.2 Å². The molecule has 3 saturated carbocycles. The van der Waals surface area contributed by atoms with Crippen molar-refractivity contribution >= 4 is 23.3 Å². The van der Waals surface area contributed by atoms with E-state index in [4.69, 9.17) is 4.74 Å². The van der Waals surface area contributed by atoms with Gasteiger partial charge in [0.05, 0.1) is 7.11 Å². The minimum Gasteiger partial charge on any atom is -0.468 e. The second kappa shape index (κ2) is 4.87. The van der Waals surface area contributed by atoms with Crippen molar-refractivity contribution in [3.63, 3.8) is 0 Å². The average molecular weight is 330 g/mol. The van der Waals surface area contributed by atoms with Gasteiger partial charge in [0.15, 0.2) is 5.78 Å². The summed E-state index contributed by atoms with van der Waals surface area (Å²) >= 11 is 0. The van der Waals surface area contributed by atoms with Crippen molar-refractivity contribution in [1.29, 1.82) is 0 Å². The number of methoxy groups -OCH3 is 1. The van der Waals surface area contributed by atoms with Crippen LogP contribution in [0.2, 0.25) is 0 Å². The summed E-state index contributed by atoms with van der Waals surface area (Å²) in [5, 5.41) is 0. The molecule has 4 aliphatic rings. The molecule has 0 heterocycles. The lowest BCUT2D eigenvalue weighted by molar-refractivity contribution is -0.181. The monoisotopic (exact) mass is 330 g/mol. The molecule has 0 N–H and O–H groups in total. The molecule has 8 atom stereocenters. The van der Waals surface area contributed by atoms with Crippen LogP contribution in [0.15, 0.2) is 12.2 Å². The summed E-state index contributed by atoms with van der Waals surface area (Å²) in [6, 6.07) is 0. The highest BCUT2D eigenvalue weighted by atomic mass is 16.5. The fourth-order valence-electron chi connectivity index (χ4n) is 6.10. The quantitative estimate of drug-likeness (QED) is 0.414. The van der Waals surface area contributed by atoms with E-state index in [1.165, 1.54) is 7.11 Å². The molecule has 0 aliphatic heterocycles. The molecule has 4 rings (SSSR count). The number of hydrogen-bond acceptors (Lipinski definition) is 5. The van der Waals surface area contributed by atoms with Crippen LogP contribution in [0.5, 0.6) is 0 Å². The normalized spacial score (nSPS) is 49.1. The standard InChI is InChI=1S/C19H22O5/c1-8-4-5-9(2)19(18(23)24-3)15(8)16(21)13-10-6-11(12(20)7-10)14(13)17(19)22/h4-5,8-11,13-15H,6-7H2,1-3H3/t8-,9+,10-,11+,13?,14?,15?,19?/m0/s1. The zero-order valence-corrected chi connectivity index (χ0v) is 14.2. The van der Waals surface area contributed by atoms with Gasteiger partial charge in [0.2, 0.25) is 0 Å². The minimum atomic E-state index is -1.47. The Balaban J connectivity index is 1.92. The van der Waals surface area contributed by atoms with Crippen LogP contribution in [-0.2, 0) is 23.9 Å². The van der Waals surface area contributed by atoms with Gasteiger partial charge in [0.1, 0.15) is 17.0 Å². The predicted molar refractivity (Wildman–Crippen MR) is 83.6 cm³/mol. The molecule has 3 fully saturated rings. The molecule has 5 heteroatoms. The molecule has 0 aromatic rings. The first-order chi connectivity index (χ1) is 11.4. The summed E-state index contributed by atoms with van der Waals surface area (Å²) in [7, 11) is 1.26. The molecule has 0 amide bonds. The largest absolute Gasteiger partial charge is 0.468 e. The van der Waals surface area contributed by atoms with E-state index in [9.17, 15) is 19.2 Å². The van der Waals surface area contributed by atoms with E-state index in [-0.39, 0.29) is 41.0 Å². The molecule has 0 aromatic carbocycles. The van der Waals surface area contributed by atoms with Gasteiger partial charge in [-0.05, 0) is 24.2 Å². The molecule has 0 spiro atoms. The van der Waals surface area contributed by atoms with E-state index in [1.807, 2.05) is 19.1 Å².